The second-order valence-electron chi connectivity index (χ2n) is 7.61. The summed E-state index contributed by atoms with van der Waals surface area (Å²) in [6.45, 7) is 9.84. The number of benzene rings is 2. The summed E-state index contributed by atoms with van der Waals surface area (Å²) in [5, 5.41) is 0. The van der Waals surface area contributed by atoms with Gasteiger partial charge >= 0.3 is 0 Å². The van der Waals surface area contributed by atoms with Crippen molar-refractivity contribution in [2.45, 2.75) is 39.9 Å². The van der Waals surface area contributed by atoms with Crippen LogP contribution >= 0.6 is 0 Å². The van der Waals surface area contributed by atoms with Gasteiger partial charge in [0.15, 0.2) is 0 Å². The maximum atomic E-state index is 4.96. The lowest BCUT2D eigenvalue weighted by Gasteiger charge is -2.46. The summed E-state index contributed by atoms with van der Waals surface area (Å²) < 4.78 is 2.36. The monoisotopic (exact) mass is 315 g/mol. The van der Waals surface area contributed by atoms with E-state index in [2.05, 4.69) is 79.6 Å². The first kappa shape index (κ1) is 13.8. The highest BCUT2D eigenvalue weighted by atomic mass is 15.3. The first-order chi connectivity index (χ1) is 11.5. The highest BCUT2D eigenvalue weighted by Gasteiger charge is 2.37. The van der Waals surface area contributed by atoms with E-state index in [1.54, 1.807) is 0 Å². The Hall–Kier alpha value is -2.55. The third kappa shape index (κ3) is 1.64. The number of rotatable bonds is 0. The Balaban J connectivity index is 1.92. The first-order valence-electron chi connectivity index (χ1n) is 8.53. The van der Waals surface area contributed by atoms with Crippen molar-refractivity contribution in [3.8, 4) is 11.4 Å². The molecule has 3 heterocycles. The molecule has 0 N–H and O–H groups in total. The minimum absolute atomic E-state index is 0.00977. The van der Waals surface area contributed by atoms with Crippen LogP contribution in [0.15, 0.2) is 42.5 Å². The molecule has 0 atom stereocenters. The summed E-state index contributed by atoms with van der Waals surface area (Å²) in [6, 6.07) is 13.0. The van der Waals surface area contributed by atoms with Gasteiger partial charge in [0.2, 0.25) is 0 Å². The number of hydrogen-bond acceptors (Lipinski definition) is 2. The third-order valence-corrected chi connectivity index (χ3v) is 5.39. The van der Waals surface area contributed by atoms with E-state index in [1.807, 2.05) is 0 Å². The van der Waals surface area contributed by atoms with Crippen LogP contribution in [0.3, 0.4) is 0 Å². The van der Waals surface area contributed by atoms with Crippen LogP contribution in [0.2, 0.25) is 0 Å². The lowest BCUT2D eigenvalue weighted by molar-refractivity contribution is 0.494. The predicted octanol–water partition coefficient (Wildman–Crippen LogP) is 4.98. The van der Waals surface area contributed by atoms with Crippen LogP contribution in [0, 0.1) is 6.92 Å². The summed E-state index contributed by atoms with van der Waals surface area (Å²) in [5.74, 6) is 1.10. The molecule has 3 nitrogen and oxygen atoms in total. The molecule has 0 saturated carbocycles. The van der Waals surface area contributed by atoms with Crippen molar-refractivity contribution in [1.82, 2.24) is 9.55 Å². The fourth-order valence-corrected chi connectivity index (χ4v) is 4.33. The Morgan fingerprint density at radius 2 is 1.79 bits per heavy atom. The normalized spacial score (nSPS) is 17.5. The number of aromatic nitrogens is 2. The van der Waals surface area contributed by atoms with E-state index in [1.165, 1.54) is 33.5 Å². The van der Waals surface area contributed by atoms with Crippen molar-refractivity contribution in [3.63, 3.8) is 0 Å². The molecule has 120 valence electrons. The molecule has 3 heteroatoms. The maximum absolute atomic E-state index is 4.96. The van der Waals surface area contributed by atoms with Crippen LogP contribution < -0.4 is 4.90 Å². The summed E-state index contributed by atoms with van der Waals surface area (Å²) >= 11 is 0. The molecule has 0 aliphatic carbocycles. The number of nitrogens with zero attached hydrogens (tertiary/aromatic N) is 3. The Morgan fingerprint density at radius 1 is 1.04 bits per heavy atom. The van der Waals surface area contributed by atoms with E-state index < -0.39 is 0 Å². The van der Waals surface area contributed by atoms with Gasteiger partial charge in [-0.1, -0.05) is 18.2 Å². The zero-order chi connectivity index (χ0) is 16.6. The zero-order valence-electron chi connectivity index (χ0n) is 14.6. The molecular formula is C21H21N3. The molecule has 24 heavy (non-hydrogen) atoms. The molecule has 0 fully saturated rings. The molecule has 5 rings (SSSR count). The quantitative estimate of drug-likeness (QED) is 0.583. The number of para-hydroxylation sites is 2. The minimum Gasteiger partial charge on any atom is -0.344 e. The highest BCUT2D eigenvalue weighted by Crippen LogP contribution is 2.48. The second-order valence-corrected chi connectivity index (χ2v) is 7.61. The van der Waals surface area contributed by atoms with E-state index in [4.69, 9.17) is 4.98 Å². The van der Waals surface area contributed by atoms with Crippen LogP contribution in [0.25, 0.3) is 28.0 Å². The molecule has 0 spiro atoms. The van der Waals surface area contributed by atoms with Crippen LogP contribution in [0.1, 0.15) is 31.9 Å². The SMILES string of the molecule is CC1=CC(C)(C)N2Cn3c(nc4ccccc43)-c3cc(C)cc1c32. The number of imidazole rings is 1. The number of aryl methyl sites for hydroxylation is 1. The van der Waals surface area contributed by atoms with Gasteiger partial charge in [-0.25, -0.2) is 4.98 Å². The van der Waals surface area contributed by atoms with Gasteiger partial charge in [0.05, 0.1) is 28.9 Å². The van der Waals surface area contributed by atoms with Crippen molar-refractivity contribution in [3.05, 3.63) is 53.6 Å². The van der Waals surface area contributed by atoms with Gasteiger partial charge in [0.1, 0.15) is 5.82 Å². The lowest BCUT2D eigenvalue weighted by Crippen LogP contribution is -2.47. The van der Waals surface area contributed by atoms with Gasteiger partial charge in [0, 0.05) is 11.1 Å². The van der Waals surface area contributed by atoms with Crippen molar-refractivity contribution in [1.29, 1.82) is 0 Å². The Labute approximate surface area is 142 Å². The molecule has 0 bridgehead atoms. The molecule has 0 unspecified atom stereocenters. The second kappa shape index (κ2) is 4.29. The van der Waals surface area contributed by atoms with Crippen LogP contribution in [0.4, 0.5) is 5.69 Å². The number of fused-ring (bicyclic) bond motifs is 4. The van der Waals surface area contributed by atoms with Crippen molar-refractivity contribution in [2.75, 3.05) is 4.90 Å². The van der Waals surface area contributed by atoms with E-state index in [0.29, 0.717) is 0 Å². The van der Waals surface area contributed by atoms with Crippen LogP contribution in [-0.4, -0.2) is 15.1 Å². The molecule has 2 aliphatic heterocycles. The number of anilines is 1. The highest BCUT2D eigenvalue weighted by molar-refractivity contribution is 5.94. The molecule has 3 aromatic rings. The Bertz CT molecular complexity index is 1040. The maximum Gasteiger partial charge on any atom is 0.144 e. The summed E-state index contributed by atoms with van der Waals surface area (Å²) in [7, 11) is 0. The van der Waals surface area contributed by atoms with Crippen LogP contribution in [0.5, 0.6) is 0 Å². The van der Waals surface area contributed by atoms with Gasteiger partial charge in [-0.15, -0.1) is 0 Å². The van der Waals surface area contributed by atoms with Gasteiger partial charge < -0.3 is 9.47 Å². The van der Waals surface area contributed by atoms with E-state index >= 15 is 0 Å². The zero-order valence-corrected chi connectivity index (χ0v) is 14.6. The number of hydrogen-bond donors (Lipinski definition) is 0. The Kier molecular flexibility index (Phi) is 2.48. The predicted molar refractivity (Wildman–Crippen MR) is 100 cm³/mol. The van der Waals surface area contributed by atoms with E-state index in [0.717, 1.165) is 18.0 Å². The van der Waals surface area contributed by atoms with Crippen molar-refractivity contribution in [2.24, 2.45) is 0 Å². The third-order valence-electron chi connectivity index (χ3n) is 5.39. The van der Waals surface area contributed by atoms with Gasteiger partial charge in [0.25, 0.3) is 0 Å². The fraction of sp³-hybridized carbons (Fsp3) is 0.286. The topological polar surface area (TPSA) is 21.1 Å². The molecule has 0 amide bonds. The van der Waals surface area contributed by atoms with Gasteiger partial charge in [-0.2, -0.15) is 0 Å². The molecule has 0 saturated heterocycles. The fourth-order valence-electron chi connectivity index (χ4n) is 4.33. The minimum atomic E-state index is -0.00977. The van der Waals surface area contributed by atoms with Crippen LogP contribution in [-0.2, 0) is 6.67 Å². The largest absolute Gasteiger partial charge is 0.344 e. The molecule has 2 aromatic carbocycles. The lowest BCUT2D eigenvalue weighted by atomic mass is 9.85. The summed E-state index contributed by atoms with van der Waals surface area (Å²) in [4.78, 5) is 7.48. The summed E-state index contributed by atoms with van der Waals surface area (Å²) in [6.07, 6.45) is 2.39. The van der Waals surface area contributed by atoms with Crippen molar-refractivity contribution >= 4 is 22.3 Å². The Morgan fingerprint density at radius 3 is 2.62 bits per heavy atom. The van der Waals surface area contributed by atoms with Crippen molar-refractivity contribution < 1.29 is 0 Å². The van der Waals surface area contributed by atoms with E-state index in [-0.39, 0.29) is 5.54 Å². The average Bonchev–Trinajstić information content (AvgIpc) is 2.90. The van der Waals surface area contributed by atoms with E-state index in [9.17, 15) is 0 Å². The molecule has 1 aromatic heterocycles. The summed E-state index contributed by atoms with van der Waals surface area (Å²) in [5.41, 5.74) is 8.87. The van der Waals surface area contributed by atoms with Gasteiger partial charge in [-0.3, -0.25) is 0 Å². The standard InChI is InChI=1S/C21H21N3/c1-13-9-15-14(2)11-21(3,4)24-12-23-18-8-6-5-7-17(18)22-20(23)16(10-13)19(15)24/h5-11H,12H2,1-4H3. The number of allylic oxidation sites excluding steroid dienone is 1. The van der Waals surface area contributed by atoms with Gasteiger partial charge in [-0.05, 0) is 63.1 Å². The molecule has 0 radical (unpaired) electrons. The first-order valence-corrected chi connectivity index (χ1v) is 8.53. The smallest absolute Gasteiger partial charge is 0.144 e. The molecule has 2 aliphatic rings. The average molecular weight is 315 g/mol. The molecular weight excluding hydrogens is 294 g/mol.